The molecule has 0 aliphatic carbocycles. The highest BCUT2D eigenvalue weighted by molar-refractivity contribution is 7.98. The molecule has 1 amide bonds. The van der Waals surface area contributed by atoms with E-state index in [9.17, 15) is 9.59 Å². The van der Waals surface area contributed by atoms with Gasteiger partial charge in [-0.05, 0) is 43.4 Å². The molecule has 4 aromatic rings. The molecule has 0 bridgehead atoms. The summed E-state index contributed by atoms with van der Waals surface area (Å²) in [5, 5.41) is 4.69. The maximum atomic E-state index is 13.6. The molecule has 8 heteroatoms. The molecule has 0 unspecified atom stereocenters. The van der Waals surface area contributed by atoms with Gasteiger partial charge >= 0.3 is 0 Å². The van der Waals surface area contributed by atoms with E-state index >= 15 is 0 Å². The van der Waals surface area contributed by atoms with Gasteiger partial charge in [0.25, 0.3) is 5.56 Å². The van der Waals surface area contributed by atoms with E-state index in [1.54, 1.807) is 16.3 Å². The van der Waals surface area contributed by atoms with Crippen LogP contribution in [0.3, 0.4) is 0 Å². The van der Waals surface area contributed by atoms with E-state index in [0.717, 1.165) is 40.8 Å². The second kappa shape index (κ2) is 10.9. The summed E-state index contributed by atoms with van der Waals surface area (Å²) in [6, 6.07) is 16.3. The molecule has 6 nitrogen and oxygen atoms in total. The number of carbonyl (C=O) groups is 1. The largest absolute Gasteiger partial charge is 0.376 e. The summed E-state index contributed by atoms with van der Waals surface area (Å²) in [4.78, 5) is 30.9. The van der Waals surface area contributed by atoms with Crippen LogP contribution in [-0.4, -0.2) is 34.7 Å². The van der Waals surface area contributed by atoms with Crippen molar-refractivity contribution < 1.29 is 9.53 Å². The molecule has 182 valence electrons. The molecule has 3 heterocycles. The van der Waals surface area contributed by atoms with Crippen molar-refractivity contribution in [2.24, 2.45) is 0 Å². The fourth-order valence-corrected chi connectivity index (χ4v) is 6.58. The predicted octanol–water partition coefficient (Wildman–Crippen LogP) is 5.29. The summed E-state index contributed by atoms with van der Waals surface area (Å²) >= 11 is 3.07. The van der Waals surface area contributed by atoms with Crippen LogP contribution >= 0.6 is 23.1 Å². The van der Waals surface area contributed by atoms with Gasteiger partial charge in [0.05, 0.1) is 11.6 Å². The van der Waals surface area contributed by atoms with Gasteiger partial charge in [-0.25, -0.2) is 4.98 Å². The number of amides is 1. The molecule has 5 rings (SSSR count). The summed E-state index contributed by atoms with van der Waals surface area (Å²) < 4.78 is 9.07. The normalized spacial score (nSPS) is 15.7. The second-order valence-corrected chi connectivity index (χ2v) is 10.9. The lowest BCUT2D eigenvalue weighted by molar-refractivity contribution is -0.121. The van der Waals surface area contributed by atoms with Gasteiger partial charge in [-0.3, -0.25) is 14.2 Å². The number of carbonyl (C=O) groups excluding carboxylic acids is 1. The Bertz CT molecular complexity index is 1410. The van der Waals surface area contributed by atoms with Crippen LogP contribution in [0.15, 0.2) is 58.5 Å². The third kappa shape index (κ3) is 5.44. The lowest BCUT2D eigenvalue weighted by Crippen LogP contribution is -2.32. The van der Waals surface area contributed by atoms with Crippen LogP contribution in [0, 0.1) is 6.92 Å². The number of ether oxygens (including phenoxy) is 1. The van der Waals surface area contributed by atoms with Crippen LogP contribution < -0.4 is 10.9 Å². The van der Waals surface area contributed by atoms with Crippen molar-refractivity contribution in [2.45, 2.75) is 56.2 Å². The lowest BCUT2D eigenvalue weighted by Gasteiger charge is -2.13. The Morgan fingerprint density at radius 3 is 2.89 bits per heavy atom. The van der Waals surface area contributed by atoms with E-state index in [2.05, 4.69) is 24.4 Å². The number of thiophene rings is 1. The number of hydrogen-bond donors (Lipinski definition) is 1. The minimum absolute atomic E-state index is 0.00133. The van der Waals surface area contributed by atoms with Crippen LogP contribution in [0.1, 0.15) is 36.8 Å². The van der Waals surface area contributed by atoms with Crippen LogP contribution in [0.5, 0.6) is 0 Å². The van der Waals surface area contributed by atoms with Crippen molar-refractivity contribution in [3.8, 4) is 0 Å². The minimum atomic E-state index is -0.0248. The molecule has 1 atom stereocenters. The molecule has 2 aromatic heterocycles. The lowest BCUT2D eigenvalue weighted by atomic mass is 10.1. The van der Waals surface area contributed by atoms with Gasteiger partial charge in [-0.2, -0.15) is 0 Å². The maximum Gasteiger partial charge on any atom is 0.272 e. The molecule has 1 saturated heterocycles. The van der Waals surface area contributed by atoms with Gasteiger partial charge in [0.1, 0.15) is 4.70 Å². The first-order valence-electron chi connectivity index (χ1n) is 12.1. The number of fused-ring (bicyclic) bond motifs is 3. The first-order chi connectivity index (χ1) is 17.1. The van der Waals surface area contributed by atoms with E-state index in [0.29, 0.717) is 35.8 Å². The Morgan fingerprint density at radius 1 is 1.23 bits per heavy atom. The SMILES string of the molecule is Cc1ccccc1CSc1nc2c(sc3ccccc32)c(=O)n1CCCC(=O)NC[C@H]1CCCO1. The molecular formula is C27H29N3O3S2. The molecule has 0 radical (unpaired) electrons. The zero-order chi connectivity index (χ0) is 24.2. The van der Waals surface area contributed by atoms with Crippen LogP contribution in [0.4, 0.5) is 0 Å². The number of nitrogens with zero attached hydrogens (tertiary/aromatic N) is 2. The third-order valence-corrected chi connectivity index (χ3v) is 8.57. The van der Waals surface area contributed by atoms with Gasteiger partial charge in [0, 0.05) is 42.0 Å². The molecule has 1 aliphatic heterocycles. The number of nitrogens with one attached hydrogen (secondary N) is 1. The zero-order valence-electron chi connectivity index (χ0n) is 19.8. The van der Waals surface area contributed by atoms with Crippen molar-refractivity contribution in [3.63, 3.8) is 0 Å². The number of aromatic nitrogens is 2. The van der Waals surface area contributed by atoms with E-state index in [-0.39, 0.29) is 17.6 Å². The van der Waals surface area contributed by atoms with Crippen LogP contribution in [-0.2, 0) is 21.8 Å². The smallest absolute Gasteiger partial charge is 0.272 e. The predicted molar refractivity (Wildman–Crippen MR) is 143 cm³/mol. The van der Waals surface area contributed by atoms with E-state index < -0.39 is 0 Å². The molecular weight excluding hydrogens is 478 g/mol. The Kier molecular flexibility index (Phi) is 7.51. The topological polar surface area (TPSA) is 73.2 Å². The average Bonchev–Trinajstić information content (AvgIpc) is 3.52. The van der Waals surface area contributed by atoms with E-state index in [1.165, 1.54) is 22.5 Å². The molecule has 35 heavy (non-hydrogen) atoms. The summed E-state index contributed by atoms with van der Waals surface area (Å²) in [5.74, 6) is 0.729. The molecule has 1 N–H and O–H groups in total. The fraction of sp³-hybridized carbons (Fsp3) is 0.370. The van der Waals surface area contributed by atoms with Crippen molar-refractivity contribution in [1.29, 1.82) is 0 Å². The highest BCUT2D eigenvalue weighted by atomic mass is 32.2. The van der Waals surface area contributed by atoms with Gasteiger partial charge in [0.2, 0.25) is 5.91 Å². The minimum Gasteiger partial charge on any atom is -0.376 e. The van der Waals surface area contributed by atoms with Crippen molar-refractivity contribution in [2.75, 3.05) is 13.2 Å². The van der Waals surface area contributed by atoms with E-state index in [4.69, 9.17) is 9.72 Å². The molecule has 1 aliphatic rings. The van der Waals surface area contributed by atoms with Crippen LogP contribution in [0.25, 0.3) is 20.3 Å². The first-order valence-corrected chi connectivity index (χ1v) is 13.9. The molecule has 2 aromatic carbocycles. The van der Waals surface area contributed by atoms with Crippen molar-refractivity contribution in [3.05, 3.63) is 70.0 Å². The highest BCUT2D eigenvalue weighted by Crippen LogP contribution is 2.32. The Labute approximate surface area is 212 Å². The standard InChI is InChI=1S/C27H29N3O3S2/c1-18-8-2-3-9-19(18)17-34-27-29-24-21-11-4-5-12-22(21)35-25(24)26(32)30(27)14-6-13-23(31)28-16-20-10-7-15-33-20/h2-5,8-9,11-12,20H,6-7,10,13-17H2,1H3,(H,28,31)/t20-/m1/s1. The number of hydrogen-bond acceptors (Lipinski definition) is 6. The summed E-state index contributed by atoms with van der Waals surface area (Å²) in [6.45, 7) is 3.89. The summed E-state index contributed by atoms with van der Waals surface area (Å²) in [7, 11) is 0. The van der Waals surface area contributed by atoms with Gasteiger partial charge < -0.3 is 10.1 Å². The van der Waals surface area contributed by atoms with Gasteiger partial charge in [-0.15, -0.1) is 11.3 Å². The third-order valence-electron chi connectivity index (χ3n) is 6.40. The van der Waals surface area contributed by atoms with Gasteiger partial charge in [-0.1, -0.05) is 54.2 Å². The summed E-state index contributed by atoms with van der Waals surface area (Å²) in [6.07, 6.45) is 3.13. The highest BCUT2D eigenvalue weighted by Gasteiger charge is 2.18. The Morgan fingerprint density at radius 2 is 2.06 bits per heavy atom. The number of aryl methyl sites for hydroxylation is 1. The monoisotopic (exact) mass is 507 g/mol. The molecule has 1 fully saturated rings. The Balaban J connectivity index is 1.37. The van der Waals surface area contributed by atoms with Crippen molar-refractivity contribution in [1.82, 2.24) is 14.9 Å². The fourth-order valence-electron chi connectivity index (χ4n) is 4.39. The first kappa shape index (κ1) is 24.0. The average molecular weight is 508 g/mol. The van der Waals surface area contributed by atoms with Crippen molar-refractivity contribution >= 4 is 49.3 Å². The summed E-state index contributed by atoms with van der Waals surface area (Å²) in [5.41, 5.74) is 3.19. The maximum absolute atomic E-state index is 13.6. The van der Waals surface area contributed by atoms with Gasteiger partial charge in [0.15, 0.2) is 5.16 Å². The number of benzene rings is 2. The van der Waals surface area contributed by atoms with Crippen LogP contribution in [0.2, 0.25) is 0 Å². The molecule has 0 spiro atoms. The second-order valence-electron chi connectivity index (χ2n) is 8.88. The number of rotatable bonds is 9. The Hall–Kier alpha value is -2.68. The number of thioether (sulfide) groups is 1. The van der Waals surface area contributed by atoms with E-state index in [1.807, 2.05) is 36.4 Å². The molecule has 0 saturated carbocycles. The quantitative estimate of drug-likeness (QED) is 0.246. The zero-order valence-corrected chi connectivity index (χ0v) is 21.4.